The third kappa shape index (κ3) is 2.09. The molecule has 0 aliphatic carbocycles. The molecule has 86 valence electrons. The molecule has 1 amide bonds. The summed E-state index contributed by atoms with van der Waals surface area (Å²) < 4.78 is 5.53. The Balaban J connectivity index is 2.28. The van der Waals surface area contributed by atoms with E-state index in [1.807, 2.05) is 23.1 Å². The van der Waals surface area contributed by atoms with Crippen molar-refractivity contribution in [2.45, 2.75) is 6.54 Å². The molecule has 1 aromatic carbocycles. The quantitative estimate of drug-likeness (QED) is 0.742. The van der Waals surface area contributed by atoms with Gasteiger partial charge in [-0.25, -0.2) is 0 Å². The summed E-state index contributed by atoms with van der Waals surface area (Å²) >= 11 is 0. The molecule has 0 fully saturated rings. The number of rotatable bonds is 3. The lowest BCUT2D eigenvalue weighted by Gasteiger charge is -2.30. The lowest BCUT2D eigenvalue weighted by Crippen LogP contribution is -2.39. The van der Waals surface area contributed by atoms with Gasteiger partial charge in [0.25, 0.3) is 0 Å². The number of primary amides is 1. The van der Waals surface area contributed by atoms with Gasteiger partial charge < -0.3 is 21.1 Å². The van der Waals surface area contributed by atoms with Crippen molar-refractivity contribution in [3.63, 3.8) is 0 Å². The Kier molecular flexibility index (Phi) is 2.96. The maximum absolute atomic E-state index is 10.9. The van der Waals surface area contributed by atoms with Crippen LogP contribution in [-0.4, -0.2) is 25.6 Å². The number of benzene rings is 1. The monoisotopic (exact) mass is 221 g/mol. The van der Waals surface area contributed by atoms with Gasteiger partial charge >= 0.3 is 0 Å². The first-order valence-electron chi connectivity index (χ1n) is 5.20. The molecule has 5 nitrogen and oxygen atoms in total. The normalized spacial score (nSPS) is 14.2. The Morgan fingerprint density at radius 3 is 3.00 bits per heavy atom. The highest BCUT2D eigenvalue weighted by atomic mass is 16.5. The number of carbonyl (C=O) groups is 1. The van der Waals surface area contributed by atoms with Crippen molar-refractivity contribution in [1.82, 2.24) is 0 Å². The molecule has 0 saturated carbocycles. The van der Waals surface area contributed by atoms with Crippen LogP contribution in [0.4, 0.5) is 5.69 Å². The van der Waals surface area contributed by atoms with Crippen molar-refractivity contribution >= 4 is 11.6 Å². The lowest BCUT2D eigenvalue weighted by atomic mass is 10.1. The van der Waals surface area contributed by atoms with E-state index in [2.05, 4.69) is 0 Å². The predicted octanol–water partition coefficient (Wildman–Crippen LogP) is -0.171. The standard InChI is InChI=1S/C11H15N3O2/c12-6-8-1-2-9-10(5-8)16-4-3-14(9)7-11(13)15/h1-2,5H,3-4,6-7,12H2,(H2,13,15). The average Bonchev–Trinajstić information content (AvgIpc) is 2.28. The molecular formula is C11H15N3O2. The van der Waals surface area contributed by atoms with E-state index in [1.165, 1.54) is 0 Å². The zero-order chi connectivity index (χ0) is 11.5. The molecule has 2 rings (SSSR count). The summed E-state index contributed by atoms with van der Waals surface area (Å²) in [5, 5.41) is 0. The fraction of sp³-hybridized carbons (Fsp3) is 0.364. The maximum Gasteiger partial charge on any atom is 0.236 e. The summed E-state index contributed by atoms with van der Waals surface area (Å²) in [6.07, 6.45) is 0. The number of fused-ring (bicyclic) bond motifs is 1. The second kappa shape index (κ2) is 4.40. The van der Waals surface area contributed by atoms with Crippen LogP contribution in [0.3, 0.4) is 0 Å². The van der Waals surface area contributed by atoms with Gasteiger partial charge in [-0.3, -0.25) is 4.79 Å². The van der Waals surface area contributed by atoms with E-state index in [4.69, 9.17) is 16.2 Å². The van der Waals surface area contributed by atoms with Crippen LogP contribution in [0.2, 0.25) is 0 Å². The van der Waals surface area contributed by atoms with Crippen LogP contribution in [-0.2, 0) is 11.3 Å². The molecule has 4 N–H and O–H groups in total. The summed E-state index contributed by atoms with van der Waals surface area (Å²) in [5.41, 5.74) is 12.7. The predicted molar refractivity (Wildman–Crippen MR) is 61.2 cm³/mol. The summed E-state index contributed by atoms with van der Waals surface area (Å²) in [6, 6.07) is 5.75. The first kappa shape index (κ1) is 10.8. The molecule has 0 radical (unpaired) electrons. The number of hydrogen-bond acceptors (Lipinski definition) is 4. The van der Waals surface area contributed by atoms with Crippen molar-refractivity contribution < 1.29 is 9.53 Å². The summed E-state index contributed by atoms with van der Waals surface area (Å²) in [7, 11) is 0. The Morgan fingerprint density at radius 1 is 1.50 bits per heavy atom. The highest BCUT2D eigenvalue weighted by Gasteiger charge is 2.19. The first-order valence-corrected chi connectivity index (χ1v) is 5.20. The van der Waals surface area contributed by atoms with Gasteiger partial charge in [-0.15, -0.1) is 0 Å². The summed E-state index contributed by atoms with van der Waals surface area (Å²) in [5.74, 6) is 0.436. The number of amides is 1. The number of ether oxygens (including phenoxy) is 1. The number of hydrogen-bond donors (Lipinski definition) is 2. The van der Waals surface area contributed by atoms with Crippen LogP contribution in [0.15, 0.2) is 18.2 Å². The average molecular weight is 221 g/mol. The van der Waals surface area contributed by atoms with Crippen molar-refractivity contribution in [1.29, 1.82) is 0 Å². The Morgan fingerprint density at radius 2 is 2.31 bits per heavy atom. The molecule has 0 unspecified atom stereocenters. The Bertz CT molecular complexity index is 406. The molecule has 5 heteroatoms. The Hall–Kier alpha value is -1.75. The van der Waals surface area contributed by atoms with Crippen molar-refractivity contribution in [3.05, 3.63) is 23.8 Å². The first-order chi connectivity index (χ1) is 7.70. The lowest BCUT2D eigenvalue weighted by molar-refractivity contribution is -0.116. The van der Waals surface area contributed by atoms with Gasteiger partial charge in [-0.05, 0) is 17.7 Å². The molecule has 0 aromatic heterocycles. The maximum atomic E-state index is 10.9. The van der Waals surface area contributed by atoms with Gasteiger partial charge in [-0.2, -0.15) is 0 Å². The number of anilines is 1. The van der Waals surface area contributed by atoms with Crippen molar-refractivity contribution in [3.8, 4) is 5.75 Å². The van der Waals surface area contributed by atoms with Gasteiger partial charge in [0.2, 0.25) is 5.91 Å². The fourth-order valence-corrected chi connectivity index (χ4v) is 1.80. The zero-order valence-corrected chi connectivity index (χ0v) is 8.98. The third-order valence-electron chi connectivity index (χ3n) is 2.57. The van der Waals surface area contributed by atoms with Gasteiger partial charge in [0.1, 0.15) is 12.4 Å². The number of nitrogens with two attached hydrogens (primary N) is 2. The molecule has 0 bridgehead atoms. The summed E-state index contributed by atoms with van der Waals surface area (Å²) in [6.45, 7) is 1.94. The summed E-state index contributed by atoms with van der Waals surface area (Å²) in [4.78, 5) is 12.8. The molecule has 0 atom stereocenters. The van der Waals surface area contributed by atoms with Crippen molar-refractivity contribution in [2.75, 3.05) is 24.6 Å². The highest BCUT2D eigenvalue weighted by molar-refractivity contribution is 5.80. The highest BCUT2D eigenvalue weighted by Crippen LogP contribution is 2.32. The number of nitrogens with zero attached hydrogens (tertiary/aromatic N) is 1. The van der Waals surface area contributed by atoms with Crippen LogP contribution in [0.1, 0.15) is 5.56 Å². The van der Waals surface area contributed by atoms with E-state index in [9.17, 15) is 4.79 Å². The largest absolute Gasteiger partial charge is 0.490 e. The SMILES string of the molecule is NCc1ccc2c(c1)OCCN2CC(N)=O. The Labute approximate surface area is 94.0 Å². The van der Waals surface area contributed by atoms with Crippen LogP contribution in [0.5, 0.6) is 5.75 Å². The minimum atomic E-state index is -0.337. The van der Waals surface area contributed by atoms with Crippen LogP contribution in [0.25, 0.3) is 0 Å². The zero-order valence-electron chi connectivity index (χ0n) is 8.98. The molecule has 1 aromatic rings. The van der Waals surface area contributed by atoms with E-state index in [1.54, 1.807) is 0 Å². The molecule has 0 spiro atoms. The molecule has 1 aliphatic heterocycles. The smallest absolute Gasteiger partial charge is 0.236 e. The van der Waals surface area contributed by atoms with E-state index in [-0.39, 0.29) is 12.5 Å². The molecule has 1 heterocycles. The van der Waals surface area contributed by atoms with Crippen molar-refractivity contribution in [2.24, 2.45) is 11.5 Å². The fourth-order valence-electron chi connectivity index (χ4n) is 1.80. The van der Waals surface area contributed by atoms with E-state index in [0.29, 0.717) is 19.7 Å². The minimum Gasteiger partial charge on any atom is -0.490 e. The van der Waals surface area contributed by atoms with E-state index < -0.39 is 0 Å². The molecule has 16 heavy (non-hydrogen) atoms. The third-order valence-corrected chi connectivity index (χ3v) is 2.57. The van der Waals surface area contributed by atoms with Gasteiger partial charge in [-0.1, -0.05) is 6.07 Å². The molecule has 1 aliphatic rings. The van der Waals surface area contributed by atoms with Crippen LogP contribution >= 0.6 is 0 Å². The van der Waals surface area contributed by atoms with Crippen LogP contribution < -0.4 is 21.1 Å². The second-order valence-corrected chi connectivity index (χ2v) is 3.74. The van der Waals surface area contributed by atoms with Gasteiger partial charge in [0.15, 0.2) is 0 Å². The second-order valence-electron chi connectivity index (χ2n) is 3.74. The van der Waals surface area contributed by atoms with E-state index in [0.717, 1.165) is 17.0 Å². The van der Waals surface area contributed by atoms with E-state index >= 15 is 0 Å². The van der Waals surface area contributed by atoms with Gasteiger partial charge in [0.05, 0.1) is 18.8 Å². The molecular weight excluding hydrogens is 206 g/mol. The molecule has 0 saturated heterocycles. The topological polar surface area (TPSA) is 81.6 Å². The van der Waals surface area contributed by atoms with Gasteiger partial charge in [0, 0.05) is 6.54 Å². The van der Waals surface area contributed by atoms with Crippen LogP contribution in [0, 0.1) is 0 Å². The minimum absolute atomic E-state index is 0.221. The number of carbonyl (C=O) groups excluding carboxylic acids is 1.